The van der Waals surface area contributed by atoms with E-state index in [1.54, 1.807) is 6.20 Å². The molecule has 7 heteroatoms. The highest BCUT2D eigenvalue weighted by atomic mass is 16.4. The first-order chi connectivity index (χ1) is 10.0. The minimum atomic E-state index is -1.06. The van der Waals surface area contributed by atoms with Crippen LogP contribution in [-0.4, -0.2) is 39.2 Å². The summed E-state index contributed by atoms with van der Waals surface area (Å²) >= 11 is 0. The minimum Gasteiger partial charge on any atom is -0.480 e. The van der Waals surface area contributed by atoms with Crippen molar-refractivity contribution in [2.75, 3.05) is 0 Å². The Morgan fingerprint density at radius 2 is 2.33 bits per heavy atom. The standard InChI is InChI=1S/C14H22N4O3/c1-9-3-2-4-10(5-9)17-14(21)18-12(13(19)20)6-11-7-15-8-16-11/h7-10,12H,2-6H2,1H3,(H,15,16)(H,19,20)(H2,17,18,21). The molecular weight excluding hydrogens is 272 g/mol. The van der Waals surface area contributed by atoms with E-state index < -0.39 is 18.0 Å². The van der Waals surface area contributed by atoms with Gasteiger partial charge in [-0.3, -0.25) is 0 Å². The Bertz CT molecular complexity index is 475. The predicted octanol–water partition coefficient (Wildman–Crippen LogP) is 1.28. The number of H-pyrrole nitrogens is 1. The van der Waals surface area contributed by atoms with Crippen LogP contribution >= 0.6 is 0 Å². The van der Waals surface area contributed by atoms with E-state index in [1.165, 1.54) is 12.7 Å². The third kappa shape index (κ3) is 4.77. The maximum Gasteiger partial charge on any atom is 0.326 e. The molecular formula is C14H22N4O3. The van der Waals surface area contributed by atoms with Crippen molar-refractivity contribution in [3.8, 4) is 0 Å². The van der Waals surface area contributed by atoms with Gasteiger partial charge in [-0.05, 0) is 18.8 Å². The van der Waals surface area contributed by atoms with E-state index in [0.717, 1.165) is 19.3 Å². The normalized spacial score (nSPS) is 23.3. The molecule has 2 rings (SSSR count). The van der Waals surface area contributed by atoms with Crippen molar-refractivity contribution in [1.82, 2.24) is 20.6 Å². The van der Waals surface area contributed by atoms with E-state index in [4.69, 9.17) is 0 Å². The average molecular weight is 294 g/mol. The number of carboxylic acids is 1. The van der Waals surface area contributed by atoms with Crippen molar-refractivity contribution in [1.29, 1.82) is 0 Å². The van der Waals surface area contributed by atoms with Crippen LogP contribution in [0.3, 0.4) is 0 Å². The van der Waals surface area contributed by atoms with Crippen molar-refractivity contribution >= 4 is 12.0 Å². The Morgan fingerprint density at radius 3 is 2.95 bits per heavy atom. The van der Waals surface area contributed by atoms with Crippen molar-refractivity contribution in [2.45, 2.75) is 51.1 Å². The van der Waals surface area contributed by atoms with Gasteiger partial charge in [0.15, 0.2) is 0 Å². The number of carbonyl (C=O) groups excluding carboxylic acids is 1. The topological polar surface area (TPSA) is 107 Å². The number of amides is 2. The molecule has 0 radical (unpaired) electrons. The van der Waals surface area contributed by atoms with Gasteiger partial charge in [-0.2, -0.15) is 0 Å². The molecule has 21 heavy (non-hydrogen) atoms. The second-order valence-electron chi connectivity index (χ2n) is 5.76. The molecule has 116 valence electrons. The zero-order valence-corrected chi connectivity index (χ0v) is 12.1. The molecule has 3 unspecified atom stereocenters. The lowest BCUT2D eigenvalue weighted by molar-refractivity contribution is -0.139. The number of urea groups is 1. The van der Waals surface area contributed by atoms with Crippen molar-refractivity contribution in [3.05, 3.63) is 18.2 Å². The molecule has 3 atom stereocenters. The summed E-state index contributed by atoms with van der Waals surface area (Å²) < 4.78 is 0. The van der Waals surface area contributed by atoms with Crippen molar-refractivity contribution in [3.63, 3.8) is 0 Å². The van der Waals surface area contributed by atoms with Gasteiger partial charge in [0.25, 0.3) is 0 Å². The van der Waals surface area contributed by atoms with Gasteiger partial charge in [0.05, 0.1) is 6.33 Å². The van der Waals surface area contributed by atoms with Crippen LogP contribution in [0.15, 0.2) is 12.5 Å². The molecule has 7 nitrogen and oxygen atoms in total. The van der Waals surface area contributed by atoms with Crippen LogP contribution in [0, 0.1) is 5.92 Å². The van der Waals surface area contributed by atoms with Gasteiger partial charge < -0.3 is 20.7 Å². The largest absolute Gasteiger partial charge is 0.480 e. The highest BCUT2D eigenvalue weighted by Crippen LogP contribution is 2.23. The van der Waals surface area contributed by atoms with Gasteiger partial charge in [0.1, 0.15) is 6.04 Å². The molecule has 1 saturated carbocycles. The lowest BCUT2D eigenvalue weighted by Gasteiger charge is -2.28. The maximum atomic E-state index is 11.9. The number of nitrogens with one attached hydrogen (secondary N) is 3. The number of carboxylic acid groups (broad SMARTS) is 1. The molecule has 0 aliphatic heterocycles. The number of rotatable bonds is 5. The summed E-state index contributed by atoms with van der Waals surface area (Å²) in [6.07, 6.45) is 7.42. The number of hydrogen-bond acceptors (Lipinski definition) is 3. The number of aliphatic carboxylic acids is 1. The quantitative estimate of drug-likeness (QED) is 0.656. The molecule has 0 spiro atoms. The van der Waals surface area contributed by atoms with Gasteiger partial charge in [0, 0.05) is 24.4 Å². The number of aromatic amines is 1. The molecule has 0 saturated heterocycles. The summed E-state index contributed by atoms with van der Waals surface area (Å²) in [7, 11) is 0. The van der Waals surface area contributed by atoms with Crippen molar-refractivity contribution in [2.24, 2.45) is 5.92 Å². The first kappa shape index (κ1) is 15.3. The van der Waals surface area contributed by atoms with Gasteiger partial charge in [-0.25, -0.2) is 14.6 Å². The zero-order valence-electron chi connectivity index (χ0n) is 12.1. The van der Waals surface area contributed by atoms with Gasteiger partial charge in [-0.15, -0.1) is 0 Å². The lowest BCUT2D eigenvalue weighted by Crippen LogP contribution is -2.50. The molecule has 1 heterocycles. The third-order valence-corrected chi connectivity index (χ3v) is 3.85. The first-order valence-corrected chi connectivity index (χ1v) is 7.31. The Kier molecular flexibility index (Phi) is 5.19. The Morgan fingerprint density at radius 1 is 1.52 bits per heavy atom. The van der Waals surface area contributed by atoms with E-state index in [1.807, 2.05) is 0 Å². The molecule has 1 aliphatic rings. The molecule has 0 aromatic carbocycles. The number of aromatic nitrogens is 2. The monoisotopic (exact) mass is 294 g/mol. The molecule has 4 N–H and O–H groups in total. The molecule has 1 aromatic heterocycles. The molecule has 1 fully saturated rings. The van der Waals surface area contributed by atoms with E-state index in [2.05, 4.69) is 27.5 Å². The van der Waals surface area contributed by atoms with Crippen LogP contribution in [-0.2, 0) is 11.2 Å². The number of hydrogen-bond donors (Lipinski definition) is 4. The van der Waals surface area contributed by atoms with Gasteiger partial charge in [-0.1, -0.05) is 19.8 Å². The third-order valence-electron chi connectivity index (χ3n) is 3.85. The highest BCUT2D eigenvalue weighted by Gasteiger charge is 2.24. The maximum absolute atomic E-state index is 11.9. The zero-order chi connectivity index (χ0) is 15.2. The minimum absolute atomic E-state index is 0.135. The molecule has 1 aromatic rings. The lowest BCUT2D eigenvalue weighted by atomic mass is 9.87. The number of nitrogens with zero attached hydrogens (tertiary/aromatic N) is 1. The fraction of sp³-hybridized carbons (Fsp3) is 0.643. The van der Waals surface area contributed by atoms with E-state index in [9.17, 15) is 14.7 Å². The second kappa shape index (κ2) is 7.10. The van der Waals surface area contributed by atoms with Crippen LogP contribution in [0.2, 0.25) is 0 Å². The van der Waals surface area contributed by atoms with Gasteiger partial charge in [0.2, 0.25) is 0 Å². The van der Waals surface area contributed by atoms with E-state index in [-0.39, 0.29) is 12.5 Å². The van der Waals surface area contributed by atoms with Gasteiger partial charge >= 0.3 is 12.0 Å². The summed E-state index contributed by atoms with van der Waals surface area (Å²) in [6, 6.07) is -1.25. The fourth-order valence-electron chi connectivity index (χ4n) is 2.77. The summed E-state index contributed by atoms with van der Waals surface area (Å²) in [5, 5.41) is 14.6. The average Bonchev–Trinajstić information content (AvgIpc) is 2.90. The number of imidazole rings is 1. The van der Waals surface area contributed by atoms with E-state index >= 15 is 0 Å². The molecule has 2 amide bonds. The summed E-state index contributed by atoms with van der Waals surface area (Å²) in [6.45, 7) is 2.17. The summed E-state index contributed by atoms with van der Waals surface area (Å²) in [4.78, 5) is 29.9. The Hall–Kier alpha value is -2.05. The van der Waals surface area contributed by atoms with Crippen LogP contribution in [0.1, 0.15) is 38.3 Å². The highest BCUT2D eigenvalue weighted by molar-refractivity contribution is 5.82. The summed E-state index contributed by atoms with van der Waals surface area (Å²) in [5.41, 5.74) is 0.675. The fourth-order valence-corrected chi connectivity index (χ4v) is 2.77. The SMILES string of the molecule is CC1CCCC(NC(=O)NC(Cc2cnc[nH]2)C(=O)O)C1. The molecule has 1 aliphatic carbocycles. The van der Waals surface area contributed by atoms with Crippen LogP contribution in [0.4, 0.5) is 4.79 Å². The molecule has 0 bridgehead atoms. The second-order valence-corrected chi connectivity index (χ2v) is 5.76. The van der Waals surface area contributed by atoms with E-state index in [0.29, 0.717) is 11.6 Å². The smallest absolute Gasteiger partial charge is 0.326 e. The van der Waals surface area contributed by atoms with Crippen LogP contribution in [0.5, 0.6) is 0 Å². The Balaban J connectivity index is 1.84. The van der Waals surface area contributed by atoms with Crippen LogP contribution < -0.4 is 10.6 Å². The van der Waals surface area contributed by atoms with Crippen LogP contribution in [0.25, 0.3) is 0 Å². The number of carbonyl (C=O) groups is 2. The predicted molar refractivity (Wildman–Crippen MR) is 76.8 cm³/mol. The Labute approximate surface area is 123 Å². The summed E-state index contributed by atoms with van der Waals surface area (Å²) in [5.74, 6) is -0.457. The first-order valence-electron chi connectivity index (χ1n) is 7.31. The van der Waals surface area contributed by atoms with Crippen molar-refractivity contribution < 1.29 is 14.7 Å².